The molecule has 0 aliphatic carbocycles. The maximum Gasteiger partial charge on any atom is 0.348 e. The number of hydrogen-bond acceptors (Lipinski definition) is 6. The SMILES string of the molecule is CCOC(=O)c1sc2nc(Cl)nc(Nc3cccc(F)c3)c2c1C. The van der Waals surface area contributed by atoms with Crippen LogP contribution in [0.15, 0.2) is 24.3 Å². The Balaban J connectivity index is 2.11. The van der Waals surface area contributed by atoms with Crippen molar-refractivity contribution in [3.05, 3.63) is 45.8 Å². The quantitative estimate of drug-likeness (QED) is 0.535. The van der Waals surface area contributed by atoms with Crippen LogP contribution in [0.1, 0.15) is 22.2 Å². The number of carbonyl (C=O) groups excluding carboxylic acids is 1. The van der Waals surface area contributed by atoms with Gasteiger partial charge < -0.3 is 10.1 Å². The van der Waals surface area contributed by atoms with Crippen molar-refractivity contribution in [3.8, 4) is 0 Å². The van der Waals surface area contributed by atoms with Gasteiger partial charge in [-0.15, -0.1) is 11.3 Å². The number of carbonyl (C=O) groups is 1. The van der Waals surface area contributed by atoms with Gasteiger partial charge in [0.15, 0.2) is 0 Å². The number of nitrogens with zero attached hydrogens (tertiary/aromatic N) is 2. The summed E-state index contributed by atoms with van der Waals surface area (Å²) in [5.41, 5.74) is 1.22. The van der Waals surface area contributed by atoms with Gasteiger partial charge in [0.05, 0.1) is 12.0 Å². The fourth-order valence-corrected chi connectivity index (χ4v) is 3.59. The van der Waals surface area contributed by atoms with Crippen LogP contribution in [0.25, 0.3) is 10.2 Å². The first-order valence-corrected chi connectivity index (χ1v) is 8.35. The van der Waals surface area contributed by atoms with Gasteiger partial charge in [0.1, 0.15) is 21.3 Å². The van der Waals surface area contributed by atoms with E-state index >= 15 is 0 Å². The van der Waals surface area contributed by atoms with E-state index in [4.69, 9.17) is 16.3 Å². The molecule has 0 bridgehead atoms. The molecular weight excluding hydrogens is 353 g/mol. The highest BCUT2D eigenvalue weighted by molar-refractivity contribution is 7.20. The Bertz CT molecular complexity index is 929. The van der Waals surface area contributed by atoms with Crippen LogP contribution in [0.4, 0.5) is 15.9 Å². The molecule has 0 aliphatic rings. The fraction of sp³-hybridized carbons (Fsp3) is 0.188. The number of benzene rings is 1. The zero-order valence-corrected chi connectivity index (χ0v) is 14.5. The Labute approximate surface area is 146 Å². The van der Waals surface area contributed by atoms with Crippen LogP contribution in [0.2, 0.25) is 5.28 Å². The molecule has 124 valence electrons. The van der Waals surface area contributed by atoms with E-state index in [9.17, 15) is 9.18 Å². The van der Waals surface area contributed by atoms with Gasteiger partial charge in [0.25, 0.3) is 0 Å². The van der Waals surface area contributed by atoms with E-state index in [1.165, 1.54) is 23.5 Å². The van der Waals surface area contributed by atoms with Crippen molar-refractivity contribution >= 4 is 50.6 Å². The Morgan fingerprint density at radius 1 is 1.42 bits per heavy atom. The molecule has 0 fully saturated rings. The van der Waals surface area contributed by atoms with E-state index in [0.29, 0.717) is 32.2 Å². The van der Waals surface area contributed by atoms with Crippen LogP contribution in [0.5, 0.6) is 0 Å². The molecular formula is C16H13ClFN3O2S. The second-order valence-electron chi connectivity index (χ2n) is 4.93. The molecule has 0 aliphatic heterocycles. The molecule has 1 aromatic carbocycles. The van der Waals surface area contributed by atoms with E-state index in [1.54, 1.807) is 26.0 Å². The molecule has 3 aromatic rings. The highest BCUT2D eigenvalue weighted by atomic mass is 35.5. The number of anilines is 2. The molecule has 5 nitrogen and oxygen atoms in total. The smallest absolute Gasteiger partial charge is 0.348 e. The number of hydrogen-bond donors (Lipinski definition) is 1. The molecule has 0 unspecified atom stereocenters. The maximum absolute atomic E-state index is 13.4. The van der Waals surface area contributed by atoms with Crippen molar-refractivity contribution < 1.29 is 13.9 Å². The number of aromatic nitrogens is 2. The zero-order chi connectivity index (χ0) is 17.3. The van der Waals surface area contributed by atoms with Crippen molar-refractivity contribution in [1.82, 2.24) is 9.97 Å². The summed E-state index contributed by atoms with van der Waals surface area (Å²) in [5, 5.41) is 3.74. The highest BCUT2D eigenvalue weighted by Gasteiger charge is 2.21. The van der Waals surface area contributed by atoms with Crippen molar-refractivity contribution in [3.63, 3.8) is 0 Å². The molecule has 2 aromatic heterocycles. The van der Waals surface area contributed by atoms with Crippen LogP contribution in [0, 0.1) is 12.7 Å². The minimum atomic E-state index is -0.411. The molecule has 0 spiro atoms. The first kappa shape index (κ1) is 16.6. The lowest BCUT2D eigenvalue weighted by molar-refractivity contribution is 0.0531. The number of esters is 1. The standard InChI is InChI=1S/C16H13ClFN3O2S/c1-3-23-15(22)12-8(2)11-13(20-16(17)21-14(11)24-12)19-10-6-4-5-9(18)7-10/h4-7H,3H2,1-2H3,(H,19,20,21). The van der Waals surface area contributed by atoms with Crippen LogP contribution in [-0.4, -0.2) is 22.5 Å². The third-order valence-electron chi connectivity index (χ3n) is 3.31. The summed E-state index contributed by atoms with van der Waals surface area (Å²) in [6, 6.07) is 5.99. The number of aryl methyl sites for hydroxylation is 1. The summed E-state index contributed by atoms with van der Waals surface area (Å²) in [6.45, 7) is 3.82. The van der Waals surface area contributed by atoms with Gasteiger partial charge in [-0.25, -0.2) is 14.2 Å². The third-order valence-corrected chi connectivity index (χ3v) is 4.65. The van der Waals surface area contributed by atoms with Crippen LogP contribution in [-0.2, 0) is 4.74 Å². The summed E-state index contributed by atoms with van der Waals surface area (Å²) in [6.07, 6.45) is 0. The lowest BCUT2D eigenvalue weighted by Crippen LogP contribution is -2.03. The summed E-state index contributed by atoms with van der Waals surface area (Å²) in [4.78, 5) is 21.4. The Morgan fingerprint density at radius 3 is 2.92 bits per heavy atom. The topological polar surface area (TPSA) is 64.1 Å². The Hall–Kier alpha value is -2.25. The van der Waals surface area contributed by atoms with Crippen LogP contribution in [0.3, 0.4) is 0 Å². The number of halogens is 2. The first-order valence-electron chi connectivity index (χ1n) is 7.16. The molecule has 2 heterocycles. The molecule has 1 N–H and O–H groups in total. The lowest BCUT2D eigenvalue weighted by atomic mass is 10.2. The number of fused-ring (bicyclic) bond motifs is 1. The van der Waals surface area contributed by atoms with E-state index < -0.39 is 5.97 Å². The van der Waals surface area contributed by atoms with E-state index in [-0.39, 0.29) is 17.7 Å². The van der Waals surface area contributed by atoms with Crippen molar-refractivity contribution in [2.45, 2.75) is 13.8 Å². The molecule has 0 saturated carbocycles. The molecule has 0 atom stereocenters. The van der Waals surface area contributed by atoms with E-state index in [2.05, 4.69) is 15.3 Å². The molecule has 3 rings (SSSR count). The fourth-order valence-electron chi connectivity index (χ4n) is 2.30. The average Bonchev–Trinajstić information content (AvgIpc) is 2.84. The third kappa shape index (κ3) is 3.18. The van der Waals surface area contributed by atoms with Gasteiger partial charge in [-0.05, 0) is 49.2 Å². The Morgan fingerprint density at radius 2 is 2.21 bits per heavy atom. The minimum Gasteiger partial charge on any atom is -0.462 e. The molecule has 0 radical (unpaired) electrons. The zero-order valence-electron chi connectivity index (χ0n) is 12.9. The maximum atomic E-state index is 13.4. The van der Waals surface area contributed by atoms with Gasteiger partial charge in [-0.2, -0.15) is 4.98 Å². The van der Waals surface area contributed by atoms with Crippen molar-refractivity contribution in [1.29, 1.82) is 0 Å². The predicted molar refractivity (Wildman–Crippen MR) is 92.8 cm³/mol. The van der Waals surface area contributed by atoms with Gasteiger partial charge in [-0.1, -0.05) is 6.07 Å². The number of ether oxygens (including phenoxy) is 1. The summed E-state index contributed by atoms with van der Waals surface area (Å²) in [5.74, 6) is -0.364. The van der Waals surface area contributed by atoms with Gasteiger partial charge in [-0.3, -0.25) is 0 Å². The lowest BCUT2D eigenvalue weighted by Gasteiger charge is -2.08. The van der Waals surface area contributed by atoms with Gasteiger partial charge in [0.2, 0.25) is 5.28 Å². The monoisotopic (exact) mass is 365 g/mol. The Kier molecular flexibility index (Phi) is 4.64. The van der Waals surface area contributed by atoms with Crippen molar-refractivity contribution in [2.75, 3.05) is 11.9 Å². The van der Waals surface area contributed by atoms with Gasteiger partial charge >= 0.3 is 5.97 Å². The number of nitrogens with one attached hydrogen (secondary N) is 1. The van der Waals surface area contributed by atoms with Crippen LogP contribution < -0.4 is 5.32 Å². The second-order valence-corrected chi connectivity index (χ2v) is 6.27. The first-order chi connectivity index (χ1) is 11.5. The largest absolute Gasteiger partial charge is 0.462 e. The second kappa shape index (κ2) is 6.70. The van der Waals surface area contributed by atoms with E-state index in [1.807, 2.05) is 0 Å². The normalized spacial score (nSPS) is 10.8. The number of rotatable bonds is 4. The van der Waals surface area contributed by atoms with Crippen LogP contribution >= 0.6 is 22.9 Å². The van der Waals surface area contributed by atoms with E-state index in [0.717, 1.165) is 0 Å². The predicted octanol–water partition coefficient (Wildman–Crippen LogP) is 4.71. The number of thiophene rings is 1. The van der Waals surface area contributed by atoms with Gasteiger partial charge in [0, 0.05) is 5.69 Å². The average molecular weight is 366 g/mol. The highest BCUT2D eigenvalue weighted by Crippen LogP contribution is 2.36. The molecule has 0 amide bonds. The molecule has 8 heteroatoms. The summed E-state index contributed by atoms with van der Waals surface area (Å²) < 4.78 is 18.4. The summed E-state index contributed by atoms with van der Waals surface area (Å²) >= 11 is 7.17. The molecule has 0 saturated heterocycles. The summed E-state index contributed by atoms with van der Waals surface area (Å²) in [7, 11) is 0. The molecule has 24 heavy (non-hydrogen) atoms. The van der Waals surface area contributed by atoms with Crippen molar-refractivity contribution in [2.24, 2.45) is 0 Å². The minimum absolute atomic E-state index is 0.0399.